The highest BCUT2D eigenvalue weighted by Gasteiger charge is 2.18. The number of H-pyrrole nitrogens is 2. The number of nitrogens with zero attached hydrogens (tertiary/aromatic N) is 4. The van der Waals surface area contributed by atoms with Crippen LogP contribution >= 0.6 is 0 Å². The number of aromatic nitrogens is 6. The molecule has 0 spiro atoms. The van der Waals surface area contributed by atoms with Crippen molar-refractivity contribution in [2.24, 2.45) is 0 Å². The highest BCUT2D eigenvalue weighted by atomic mass is 16.2. The summed E-state index contributed by atoms with van der Waals surface area (Å²) in [5, 5.41) is 18.4. The number of benzene rings is 2. The van der Waals surface area contributed by atoms with Gasteiger partial charge >= 0.3 is 0 Å². The van der Waals surface area contributed by atoms with Crippen LogP contribution in [0.4, 0.5) is 0 Å². The predicted molar refractivity (Wildman–Crippen MR) is 127 cm³/mol. The lowest BCUT2D eigenvalue weighted by molar-refractivity contribution is 0.0939. The molecule has 34 heavy (non-hydrogen) atoms. The summed E-state index contributed by atoms with van der Waals surface area (Å²) in [6, 6.07) is 11.9. The molecule has 1 amide bonds. The first-order valence-corrected chi connectivity index (χ1v) is 10.7. The van der Waals surface area contributed by atoms with Crippen LogP contribution in [-0.2, 0) is 0 Å². The van der Waals surface area contributed by atoms with E-state index >= 15 is 0 Å². The van der Waals surface area contributed by atoms with Crippen LogP contribution in [0.1, 0.15) is 47.5 Å². The Morgan fingerprint density at radius 3 is 2.62 bits per heavy atom. The van der Waals surface area contributed by atoms with Crippen LogP contribution in [0.15, 0.2) is 70.6 Å². The molecule has 0 radical (unpaired) electrons. The number of carbonyl (C=O) groups excluding carboxylic acids is 1. The van der Waals surface area contributed by atoms with E-state index in [0.717, 1.165) is 16.3 Å². The number of fused-ring (bicyclic) bond motifs is 2. The number of rotatable bonds is 5. The average Bonchev–Trinajstić information content (AvgIpc) is 3.36. The van der Waals surface area contributed by atoms with E-state index in [4.69, 9.17) is 0 Å². The lowest BCUT2D eigenvalue weighted by atomic mass is 10.0. The van der Waals surface area contributed by atoms with E-state index in [1.54, 1.807) is 24.0 Å². The molecule has 10 heteroatoms. The molecule has 0 aliphatic rings. The standard InChI is InChI=1S/C24H21N7O3/c1-13(26-22(32)15-6-7-19-20(10-15)24(34)29-28-23(19)33)21-12-31(30-27-21)14(2)17-5-3-4-16-11-25-9-8-18(16)17/h3-14H,1-2H3,(H,26,32)(H,28,33)(H,29,34)/t13?,14-/m1/s1. The molecule has 5 rings (SSSR count). The van der Waals surface area contributed by atoms with Crippen LogP contribution in [-0.4, -0.2) is 36.1 Å². The summed E-state index contributed by atoms with van der Waals surface area (Å²) in [4.78, 5) is 40.9. The topological polar surface area (TPSA) is 138 Å². The summed E-state index contributed by atoms with van der Waals surface area (Å²) < 4.78 is 1.76. The molecule has 0 saturated carbocycles. The zero-order valence-corrected chi connectivity index (χ0v) is 18.4. The minimum atomic E-state index is -0.474. The molecular weight excluding hydrogens is 434 g/mol. The molecule has 1 unspecified atom stereocenters. The van der Waals surface area contributed by atoms with Crippen molar-refractivity contribution in [2.75, 3.05) is 0 Å². The van der Waals surface area contributed by atoms with Gasteiger partial charge in [0.05, 0.1) is 29.1 Å². The maximum atomic E-state index is 12.8. The summed E-state index contributed by atoms with van der Waals surface area (Å²) >= 11 is 0. The SMILES string of the molecule is CC(NC(=O)c1ccc2c(=O)[nH][nH]c(=O)c2c1)c1cn([C@H](C)c2cccc3cnccc23)nn1. The molecule has 0 bridgehead atoms. The van der Waals surface area contributed by atoms with Gasteiger partial charge in [-0.05, 0) is 49.1 Å². The number of hydrogen-bond donors (Lipinski definition) is 3. The van der Waals surface area contributed by atoms with Gasteiger partial charge in [-0.2, -0.15) is 0 Å². The van der Waals surface area contributed by atoms with E-state index in [9.17, 15) is 14.4 Å². The molecule has 170 valence electrons. The Bertz CT molecular complexity index is 1640. The Morgan fingerprint density at radius 1 is 1.00 bits per heavy atom. The third-order valence-electron chi connectivity index (χ3n) is 5.94. The first-order valence-electron chi connectivity index (χ1n) is 10.7. The third-order valence-corrected chi connectivity index (χ3v) is 5.94. The van der Waals surface area contributed by atoms with Crippen molar-refractivity contribution in [3.8, 4) is 0 Å². The second-order valence-corrected chi connectivity index (χ2v) is 8.11. The van der Waals surface area contributed by atoms with E-state index in [1.165, 1.54) is 18.2 Å². The van der Waals surface area contributed by atoms with E-state index in [2.05, 4.69) is 30.8 Å². The van der Waals surface area contributed by atoms with Gasteiger partial charge in [-0.25, -0.2) is 4.68 Å². The summed E-state index contributed by atoms with van der Waals surface area (Å²) in [5.74, 6) is -0.391. The Balaban J connectivity index is 1.37. The van der Waals surface area contributed by atoms with Gasteiger partial charge in [0, 0.05) is 23.3 Å². The smallest absolute Gasteiger partial charge is 0.270 e. The highest BCUT2D eigenvalue weighted by molar-refractivity contribution is 5.98. The zero-order chi connectivity index (χ0) is 23.8. The Hall–Kier alpha value is -4.60. The van der Waals surface area contributed by atoms with Crippen LogP contribution in [0.2, 0.25) is 0 Å². The van der Waals surface area contributed by atoms with Gasteiger partial charge in [-0.1, -0.05) is 23.4 Å². The number of nitrogens with one attached hydrogen (secondary N) is 3. The second kappa shape index (κ2) is 8.39. The molecule has 5 aromatic rings. The molecular formula is C24H21N7O3. The largest absolute Gasteiger partial charge is 0.344 e. The molecule has 2 aromatic carbocycles. The molecule has 0 saturated heterocycles. The molecule has 10 nitrogen and oxygen atoms in total. The maximum Gasteiger partial charge on any atom is 0.270 e. The van der Waals surface area contributed by atoms with Crippen LogP contribution in [0.5, 0.6) is 0 Å². The van der Waals surface area contributed by atoms with Gasteiger partial charge in [0.1, 0.15) is 5.69 Å². The maximum absolute atomic E-state index is 12.8. The normalized spacial score (nSPS) is 13.1. The number of pyridine rings is 1. The highest BCUT2D eigenvalue weighted by Crippen LogP contribution is 2.26. The zero-order valence-electron chi connectivity index (χ0n) is 18.4. The fraction of sp³-hybridized carbons (Fsp3) is 0.167. The Labute approximate surface area is 192 Å². The van der Waals surface area contributed by atoms with E-state index in [1.807, 2.05) is 37.4 Å². The summed E-state index contributed by atoms with van der Waals surface area (Å²) in [6.07, 6.45) is 5.40. The van der Waals surface area contributed by atoms with Crippen LogP contribution < -0.4 is 16.4 Å². The quantitative estimate of drug-likeness (QED) is 0.372. The van der Waals surface area contributed by atoms with Crippen molar-refractivity contribution in [1.29, 1.82) is 0 Å². The third kappa shape index (κ3) is 3.75. The second-order valence-electron chi connectivity index (χ2n) is 8.11. The molecule has 3 N–H and O–H groups in total. The lowest BCUT2D eigenvalue weighted by Gasteiger charge is -2.15. The van der Waals surface area contributed by atoms with Crippen LogP contribution in [0.3, 0.4) is 0 Å². The van der Waals surface area contributed by atoms with Crippen molar-refractivity contribution in [3.05, 3.63) is 98.6 Å². The molecule has 0 aliphatic carbocycles. The molecule has 0 fully saturated rings. The van der Waals surface area contributed by atoms with Crippen LogP contribution in [0.25, 0.3) is 21.5 Å². The Kier molecular flexibility index (Phi) is 5.25. The van der Waals surface area contributed by atoms with Crippen LogP contribution in [0, 0.1) is 0 Å². The number of amides is 1. The molecule has 0 aliphatic heterocycles. The van der Waals surface area contributed by atoms with Crippen molar-refractivity contribution >= 4 is 27.5 Å². The number of hydrogen-bond acceptors (Lipinski definition) is 6. The van der Waals surface area contributed by atoms with E-state index < -0.39 is 23.1 Å². The number of aromatic amines is 2. The average molecular weight is 455 g/mol. The predicted octanol–water partition coefficient (Wildman–Crippen LogP) is 2.46. The van der Waals surface area contributed by atoms with E-state index in [-0.39, 0.29) is 22.4 Å². The van der Waals surface area contributed by atoms with Gasteiger partial charge in [0.15, 0.2) is 0 Å². The van der Waals surface area contributed by atoms with Gasteiger partial charge in [0.2, 0.25) is 0 Å². The van der Waals surface area contributed by atoms with Gasteiger partial charge in [-0.15, -0.1) is 5.10 Å². The Morgan fingerprint density at radius 2 is 1.79 bits per heavy atom. The fourth-order valence-electron chi connectivity index (χ4n) is 4.01. The first kappa shape index (κ1) is 21.3. The molecule has 3 aromatic heterocycles. The number of carbonyl (C=O) groups is 1. The van der Waals surface area contributed by atoms with Crippen molar-refractivity contribution in [1.82, 2.24) is 35.5 Å². The summed E-state index contributed by atoms with van der Waals surface area (Å²) in [7, 11) is 0. The minimum Gasteiger partial charge on any atom is -0.344 e. The van der Waals surface area contributed by atoms with E-state index in [0.29, 0.717) is 5.69 Å². The van der Waals surface area contributed by atoms with Crippen molar-refractivity contribution in [2.45, 2.75) is 25.9 Å². The lowest BCUT2D eigenvalue weighted by Crippen LogP contribution is -2.27. The summed E-state index contributed by atoms with van der Waals surface area (Å²) in [5.41, 5.74) is 1.05. The van der Waals surface area contributed by atoms with Crippen molar-refractivity contribution < 1.29 is 4.79 Å². The fourth-order valence-corrected chi connectivity index (χ4v) is 4.01. The van der Waals surface area contributed by atoms with Crippen molar-refractivity contribution in [3.63, 3.8) is 0 Å². The first-order chi connectivity index (χ1) is 16.4. The molecule has 3 heterocycles. The van der Waals surface area contributed by atoms with Gasteiger partial charge in [-0.3, -0.25) is 29.6 Å². The monoisotopic (exact) mass is 455 g/mol. The minimum absolute atomic E-state index is 0.0828. The summed E-state index contributed by atoms with van der Waals surface area (Å²) in [6.45, 7) is 3.84. The van der Waals surface area contributed by atoms with Gasteiger partial charge < -0.3 is 5.32 Å². The molecule has 2 atom stereocenters. The van der Waals surface area contributed by atoms with Gasteiger partial charge in [0.25, 0.3) is 17.0 Å².